The molecule has 0 unspecified atom stereocenters. The maximum absolute atomic E-state index is 2.46. The van der Waals surface area contributed by atoms with Gasteiger partial charge in [0.1, 0.15) is 0 Å². The largest absolute Gasteiger partial charge is 0.309 e. The summed E-state index contributed by atoms with van der Waals surface area (Å²) in [4.78, 5) is 2.46. The van der Waals surface area contributed by atoms with Crippen LogP contribution in [0.1, 0.15) is 24.0 Å². The lowest BCUT2D eigenvalue weighted by atomic mass is 9.89. The van der Waals surface area contributed by atoms with Crippen molar-refractivity contribution in [3.8, 4) is 11.1 Å². The lowest BCUT2D eigenvalue weighted by Crippen LogP contribution is -2.10. The molecule has 0 aliphatic heterocycles. The number of benzene rings is 8. The SMILES string of the molecule is C1=C(c2ccc(N(c3ccc4c(c3)sc3ccccc34)c3cccc4c3sc3ccccc34)cc2)CCC(c2cccc(-c3ccc4ccccc4c3)c2)=C1. The van der Waals surface area contributed by atoms with Crippen molar-refractivity contribution in [2.24, 2.45) is 0 Å². The second-order valence-electron chi connectivity index (χ2n) is 14.4. The van der Waals surface area contributed by atoms with E-state index in [1.807, 2.05) is 22.7 Å². The predicted molar refractivity (Wildman–Crippen MR) is 241 cm³/mol. The number of hydrogen-bond donors (Lipinski definition) is 0. The molecule has 8 aromatic carbocycles. The first kappa shape index (κ1) is 32.2. The monoisotopic (exact) mass is 737 g/mol. The minimum Gasteiger partial charge on any atom is -0.309 e. The summed E-state index contributed by atoms with van der Waals surface area (Å²) in [6, 6.07) is 64.9. The van der Waals surface area contributed by atoms with Gasteiger partial charge in [0.25, 0.3) is 0 Å². The first-order valence-electron chi connectivity index (χ1n) is 18.9. The average Bonchev–Trinajstić information content (AvgIpc) is 3.83. The van der Waals surface area contributed by atoms with Crippen LogP contribution >= 0.6 is 22.7 Å². The normalized spacial score (nSPS) is 13.2. The number of rotatable bonds is 6. The maximum Gasteiger partial charge on any atom is 0.0640 e. The molecule has 3 heteroatoms. The summed E-state index contributed by atoms with van der Waals surface area (Å²) in [6.45, 7) is 0. The topological polar surface area (TPSA) is 3.24 Å². The molecule has 0 N–H and O–H groups in total. The summed E-state index contributed by atoms with van der Waals surface area (Å²) >= 11 is 3.76. The van der Waals surface area contributed by atoms with Crippen molar-refractivity contribution < 1.29 is 0 Å². The third kappa shape index (κ3) is 5.67. The number of thiophene rings is 2. The molecular weight excluding hydrogens is 703 g/mol. The fourth-order valence-electron chi connectivity index (χ4n) is 8.40. The third-order valence-corrected chi connectivity index (χ3v) is 13.5. The van der Waals surface area contributed by atoms with E-state index >= 15 is 0 Å². The lowest BCUT2D eigenvalue weighted by Gasteiger charge is -2.26. The Morgan fingerprint density at radius 2 is 0.964 bits per heavy atom. The Kier molecular flexibility index (Phi) is 7.75. The molecule has 0 bridgehead atoms. The summed E-state index contributed by atoms with van der Waals surface area (Å²) in [6.07, 6.45) is 6.70. The first-order valence-corrected chi connectivity index (χ1v) is 20.6. The van der Waals surface area contributed by atoms with Crippen LogP contribution in [-0.4, -0.2) is 0 Å². The highest BCUT2D eigenvalue weighted by atomic mass is 32.1. The molecule has 0 saturated carbocycles. The summed E-state index contributed by atoms with van der Waals surface area (Å²) < 4.78 is 5.26. The predicted octanol–water partition coefficient (Wildman–Crippen LogP) is 16.0. The summed E-state index contributed by atoms with van der Waals surface area (Å²) in [7, 11) is 0. The van der Waals surface area contributed by atoms with Gasteiger partial charge >= 0.3 is 0 Å². The van der Waals surface area contributed by atoms with Crippen molar-refractivity contribution in [3.63, 3.8) is 0 Å². The van der Waals surface area contributed by atoms with Crippen LogP contribution in [0.2, 0.25) is 0 Å². The summed E-state index contributed by atoms with van der Waals surface area (Å²) in [5, 5.41) is 7.82. The third-order valence-electron chi connectivity index (χ3n) is 11.2. The summed E-state index contributed by atoms with van der Waals surface area (Å²) in [5.74, 6) is 0. The van der Waals surface area contributed by atoms with Crippen molar-refractivity contribution >= 4 is 102 Å². The average molecular weight is 738 g/mol. The van der Waals surface area contributed by atoms with Gasteiger partial charge in [-0.3, -0.25) is 0 Å². The van der Waals surface area contributed by atoms with Crippen LogP contribution < -0.4 is 4.90 Å². The second kappa shape index (κ2) is 13.2. The van der Waals surface area contributed by atoms with Crippen LogP contribution in [0.15, 0.2) is 188 Å². The molecule has 0 atom stereocenters. The first-order chi connectivity index (χ1) is 27.2. The Labute approximate surface area is 328 Å². The van der Waals surface area contributed by atoms with E-state index in [1.165, 1.54) is 95.9 Å². The molecule has 0 saturated heterocycles. The van der Waals surface area contributed by atoms with Crippen LogP contribution in [0.5, 0.6) is 0 Å². The smallest absolute Gasteiger partial charge is 0.0640 e. The highest BCUT2D eigenvalue weighted by Crippen LogP contribution is 2.46. The minimum absolute atomic E-state index is 1.01. The van der Waals surface area contributed by atoms with E-state index < -0.39 is 0 Å². The molecule has 2 heterocycles. The second-order valence-corrected chi connectivity index (χ2v) is 16.6. The molecule has 1 aliphatic carbocycles. The van der Waals surface area contributed by atoms with Gasteiger partial charge in [0.05, 0.1) is 10.4 Å². The standard InChI is InChI=1S/C52H35NS2/c1-2-10-38-32-41(24-23-34(38)9-1)40-12-7-11-39(31-40)37-21-19-35(20-22-37)36-25-27-42(28-26-36)53(43-29-30-46-44-13-3-5-17-49(44)54-51(46)33-43)48-16-8-15-47-45-14-4-6-18-50(45)55-52(47)48/h1-19,21,23-33H,20,22H2. The van der Waals surface area contributed by atoms with Crippen molar-refractivity contribution in [3.05, 3.63) is 199 Å². The quantitative estimate of drug-likeness (QED) is 0.164. The molecule has 0 radical (unpaired) electrons. The highest BCUT2D eigenvalue weighted by Gasteiger charge is 2.20. The van der Waals surface area contributed by atoms with E-state index in [0.29, 0.717) is 0 Å². The molecule has 2 aromatic heterocycles. The molecular formula is C52H35NS2. The summed E-state index contributed by atoms with van der Waals surface area (Å²) in [5.41, 5.74) is 11.4. The van der Waals surface area contributed by atoms with Gasteiger partial charge in [-0.2, -0.15) is 0 Å². The van der Waals surface area contributed by atoms with Crippen LogP contribution in [0.25, 0.3) is 73.4 Å². The molecule has 1 nitrogen and oxygen atoms in total. The van der Waals surface area contributed by atoms with Gasteiger partial charge in [0, 0.05) is 47.0 Å². The molecule has 0 fully saturated rings. The van der Waals surface area contributed by atoms with E-state index in [1.54, 1.807) is 0 Å². The Bertz CT molecular complexity index is 3160. The fraction of sp³-hybridized carbons (Fsp3) is 0.0385. The van der Waals surface area contributed by atoms with Gasteiger partial charge in [-0.1, -0.05) is 133 Å². The van der Waals surface area contributed by atoms with Crippen molar-refractivity contribution in [1.29, 1.82) is 0 Å². The molecule has 55 heavy (non-hydrogen) atoms. The van der Waals surface area contributed by atoms with Crippen molar-refractivity contribution in [2.75, 3.05) is 4.90 Å². The Morgan fingerprint density at radius 3 is 1.78 bits per heavy atom. The van der Waals surface area contributed by atoms with E-state index in [4.69, 9.17) is 0 Å². The Morgan fingerprint density at radius 1 is 0.364 bits per heavy atom. The van der Waals surface area contributed by atoms with Crippen molar-refractivity contribution in [2.45, 2.75) is 12.8 Å². The Hall–Kier alpha value is -6.26. The number of anilines is 3. The van der Waals surface area contributed by atoms with Crippen LogP contribution in [0, 0.1) is 0 Å². The van der Waals surface area contributed by atoms with Gasteiger partial charge < -0.3 is 4.90 Å². The number of fused-ring (bicyclic) bond motifs is 7. The van der Waals surface area contributed by atoms with E-state index in [2.05, 4.69) is 193 Å². The van der Waals surface area contributed by atoms with Crippen LogP contribution in [-0.2, 0) is 0 Å². The lowest BCUT2D eigenvalue weighted by molar-refractivity contribution is 1.07. The molecule has 260 valence electrons. The van der Waals surface area contributed by atoms with Gasteiger partial charge in [-0.25, -0.2) is 0 Å². The molecule has 0 amide bonds. The van der Waals surface area contributed by atoms with Gasteiger partial charge in [0.2, 0.25) is 0 Å². The van der Waals surface area contributed by atoms with Gasteiger partial charge in [-0.15, -0.1) is 22.7 Å². The van der Waals surface area contributed by atoms with Crippen LogP contribution in [0.3, 0.4) is 0 Å². The van der Waals surface area contributed by atoms with E-state index in [9.17, 15) is 0 Å². The zero-order chi connectivity index (χ0) is 36.3. The number of hydrogen-bond acceptors (Lipinski definition) is 3. The fourth-order valence-corrected chi connectivity index (χ4v) is 10.7. The number of nitrogens with zero attached hydrogens (tertiary/aromatic N) is 1. The Balaban J connectivity index is 0.950. The highest BCUT2D eigenvalue weighted by molar-refractivity contribution is 7.26. The van der Waals surface area contributed by atoms with Gasteiger partial charge in [-0.05, 0) is 112 Å². The molecule has 11 rings (SSSR count). The molecule has 1 aliphatic rings. The van der Waals surface area contributed by atoms with Crippen LogP contribution in [0.4, 0.5) is 17.1 Å². The minimum atomic E-state index is 1.01. The maximum atomic E-state index is 2.46. The zero-order valence-corrected chi connectivity index (χ0v) is 31.7. The number of allylic oxidation sites excluding steroid dienone is 4. The van der Waals surface area contributed by atoms with Crippen molar-refractivity contribution in [1.82, 2.24) is 0 Å². The van der Waals surface area contributed by atoms with E-state index in [0.717, 1.165) is 18.5 Å². The van der Waals surface area contributed by atoms with Gasteiger partial charge in [0.15, 0.2) is 0 Å². The zero-order valence-electron chi connectivity index (χ0n) is 30.1. The molecule has 10 aromatic rings. The van der Waals surface area contributed by atoms with E-state index in [-0.39, 0.29) is 0 Å². The molecule has 0 spiro atoms.